The van der Waals surface area contributed by atoms with E-state index in [1.165, 1.54) is 26.0 Å². The van der Waals surface area contributed by atoms with E-state index < -0.39 is 24.5 Å². The molecule has 1 atom stereocenters. The molecule has 7 nitrogen and oxygen atoms in total. The van der Waals surface area contributed by atoms with Crippen molar-refractivity contribution >= 4 is 17.5 Å². The zero-order chi connectivity index (χ0) is 25.3. The second kappa shape index (κ2) is 9.62. The highest BCUT2D eigenvalue weighted by molar-refractivity contribution is 6.04. The summed E-state index contributed by atoms with van der Waals surface area (Å²) in [6.45, 7) is 6.88. The van der Waals surface area contributed by atoms with E-state index in [4.69, 9.17) is 4.74 Å². The van der Waals surface area contributed by atoms with Gasteiger partial charge in [0, 0.05) is 33.9 Å². The zero-order valence-corrected chi connectivity index (χ0v) is 19.8. The Bertz CT molecular complexity index is 1260. The van der Waals surface area contributed by atoms with E-state index in [9.17, 15) is 23.2 Å². The molecule has 0 aliphatic rings. The Morgan fingerprint density at radius 3 is 2.18 bits per heavy atom. The van der Waals surface area contributed by atoms with Gasteiger partial charge in [0.25, 0.3) is 0 Å². The minimum Gasteiger partial charge on any atom is -0.450 e. The smallest absolute Gasteiger partial charge is 0.387 e. The van der Waals surface area contributed by atoms with E-state index >= 15 is 0 Å². The van der Waals surface area contributed by atoms with Crippen molar-refractivity contribution in [3.63, 3.8) is 0 Å². The van der Waals surface area contributed by atoms with Gasteiger partial charge in [0.1, 0.15) is 11.4 Å². The number of rotatable bonds is 8. The molecule has 1 N–H and O–H groups in total. The molecule has 0 saturated carbocycles. The fourth-order valence-corrected chi connectivity index (χ4v) is 4.16. The predicted octanol–water partition coefficient (Wildman–Crippen LogP) is 5.27. The first-order valence-corrected chi connectivity index (χ1v) is 10.6. The minimum atomic E-state index is -2.91. The lowest BCUT2D eigenvalue weighted by Crippen LogP contribution is -2.25. The van der Waals surface area contributed by atoms with Gasteiger partial charge in [-0.2, -0.15) is 8.78 Å². The highest BCUT2D eigenvalue weighted by atomic mass is 19.3. The van der Waals surface area contributed by atoms with Crippen LogP contribution in [0.4, 0.5) is 8.78 Å². The van der Waals surface area contributed by atoms with Gasteiger partial charge in [-0.1, -0.05) is 0 Å². The molecule has 2 heterocycles. The van der Waals surface area contributed by atoms with Crippen molar-refractivity contribution < 1.29 is 32.6 Å². The minimum absolute atomic E-state index is 0.0285. The number of halogens is 2. The highest BCUT2D eigenvalue weighted by Crippen LogP contribution is 2.25. The number of ether oxygens (including phenoxy) is 2. The summed E-state index contributed by atoms with van der Waals surface area (Å²) in [5.41, 5.74) is 3.99. The van der Waals surface area contributed by atoms with Gasteiger partial charge in [-0.15, -0.1) is 0 Å². The van der Waals surface area contributed by atoms with Crippen LogP contribution in [0.15, 0.2) is 30.3 Å². The molecule has 0 radical (unpaired) electrons. The van der Waals surface area contributed by atoms with Gasteiger partial charge in [-0.25, -0.2) is 4.79 Å². The number of nitrogens with one attached hydrogen (secondary N) is 1. The third-order valence-electron chi connectivity index (χ3n) is 5.66. The largest absolute Gasteiger partial charge is 0.450 e. The fraction of sp³-hybridized carbons (Fsp3) is 0.320. The molecule has 0 bridgehead atoms. The van der Waals surface area contributed by atoms with Gasteiger partial charge >= 0.3 is 12.6 Å². The van der Waals surface area contributed by atoms with Crippen molar-refractivity contribution in [2.24, 2.45) is 0 Å². The molecule has 1 aromatic carbocycles. The molecule has 0 aliphatic carbocycles. The predicted molar refractivity (Wildman–Crippen MR) is 121 cm³/mol. The van der Waals surface area contributed by atoms with Gasteiger partial charge in [0.05, 0.1) is 0 Å². The molecule has 0 aliphatic heterocycles. The summed E-state index contributed by atoms with van der Waals surface area (Å²) in [6.07, 6.45) is -1.08. The first-order chi connectivity index (χ1) is 15.9. The number of esters is 1. The zero-order valence-electron chi connectivity index (χ0n) is 19.8. The Morgan fingerprint density at radius 1 is 1.03 bits per heavy atom. The number of aromatic nitrogens is 2. The van der Waals surface area contributed by atoms with E-state index in [0.717, 1.165) is 5.69 Å². The van der Waals surface area contributed by atoms with Gasteiger partial charge < -0.3 is 19.0 Å². The maximum absolute atomic E-state index is 13.1. The van der Waals surface area contributed by atoms with E-state index in [0.29, 0.717) is 33.8 Å². The second-order valence-electron chi connectivity index (χ2n) is 8.09. The molecule has 0 unspecified atom stereocenters. The van der Waals surface area contributed by atoms with Crippen LogP contribution in [-0.2, 0) is 4.74 Å². The van der Waals surface area contributed by atoms with Crippen molar-refractivity contribution in [3.05, 3.63) is 69.8 Å². The average molecular weight is 472 g/mol. The Hall–Kier alpha value is -3.75. The van der Waals surface area contributed by atoms with E-state index in [1.54, 1.807) is 50.5 Å². The van der Waals surface area contributed by atoms with Crippen LogP contribution in [0, 0.1) is 27.7 Å². The lowest BCUT2D eigenvalue weighted by molar-refractivity contribution is -0.0498. The Morgan fingerprint density at radius 2 is 1.65 bits per heavy atom. The number of H-pyrrole nitrogens is 1. The van der Waals surface area contributed by atoms with Crippen molar-refractivity contribution in [1.82, 2.24) is 9.55 Å². The molecule has 0 fully saturated rings. The summed E-state index contributed by atoms with van der Waals surface area (Å²) in [4.78, 5) is 40.5. The van der Waals surface area contributed by atoms with Crippen LogP contribution >= 0.6 is 0 Å². The quantitative estimate of drug-likeness (QED) is 0.356. The van der Waals surface area contributed by atoms with Crippen molar-refractivity contribution in [1.29, 1.82) is 0 Å². The van der Waals surface area contributed by atoms with Crippen LogP contribution in [0.25, 0.3) is 5.69 Å². The highest BCUT2D eigenvalue weighted by Gasteiger charge is 2.27. The summed E-state index contributed by atoms with van der Waals surface area (Å²) < 4.78 is 36.4. The Kier molecular flexibility index (Phi) is 7.04. The summed E-state index contributed by atoms with van der Waals surface area (Å²) in [7, 11) is 0. The number of alkyl halides is 2. The summed E-state index contributed by atoms with van der Waals surface area (Å²) >= 11 is 0. The molecule has 3 rings (SSSR count). The molecule has 3 aromatic rings. The number of Topliss-reactive ketones (excluding diaryl/α,β-unsaturated/α-hetero) is 2. The van der Waals surface area contributed by atoms with Crippen LogP contribution in [-0.4, -0.2) is 39.8 Å². The molecule has 0 saturated heterocycles. The topological polar surface area (TPSA) is 90.4 Å². The van der Waals surface area contributed by atoms with Crippen LogP contribution in [0.2, 0.25) is 0 Å². The molecule has 2 aromatic heterocycles. The number of nitrogens with zero attached hydrogens (tertiary/aromatic N) is 1. The lowest BCUT2D eigenvalue weighted by atomic mass is 10.1. The fourth-order valence-electron chi connectivity index (χ4n) is 4.16. The van der Waals surface area contributed by atoms with Crippen LogP contribution in [0.1, 0.15) is 67.7 Å². The number of aryl methyl sites for hydroxylation is 2. The van der Waals surface area contributed by atoms with Crippen molar-refractivity contribution in [2.75, 3.05) is 0 Å². The average Bonchev–Trinajstić information content (AvgIpc) is 3.22. The summed E-state index contributed by atoms with van der Waals surface area (Å²) in [5, 5.41) is 0. The molecule has 9 heteroatoms. The number of ketones is 2. The number of carbonyl (C=O) groups excluding carboxylic acids is 3. The standard InChI is InChI=1S/C25H26F2N2O5/c1-12-11-20(15(4)29(12)18-7-9-19(10-8-18)34-25(26)27)23(31)17(6)33-24(32)22-13(2)21(16(5)30)14(3)28-22/h7-11,17,25,28H,1-6H3/t17-/m1/s1. The van der Waals surface area contributed by atoms with E-state index in [-0.39, 0.29) is 17.2 Å². The maximum atomic E-state index is 13.1. The van der Waals surface area contributed by atoms with Gasteiger partial charge in [-0.3, -0.25) is 9.59 Å². The van der Waals surface area contributed by atoms with Crippen molar-refractivity contribution in [2.45, 2.75) is 54.3 Å². The molecular formula is C25H26F2N2O5. The number of benzene rings is 1. The molecule has 0 spiro atoms. The third kappa shape index (κ3) is 4.78. The number of carbonyl (C=O) groups is 3. The first kappa shape index (κ1) is 24.9. The third-order valence-corrected chi connectivity index (χ3v) is 5.66. The van der Waals surface area contributed by atoms with E-state index in [2.05, 4.69) is 9.72 Å². The summed E-state index contributed by atoms with van der Waals surface area (Å²) in [5.74, 6) is -1.26. The van der Waals surface area contributed by atoms with Crippen LogP contribution in [0.3, 0.4) is 0 Å². The van der Waals surface area contributed by atoms with E-state index in [1.807, 2.05) is 0 Å². The monoisotopic (exact) mass is 472 g/mol. The molecule has 180 valence electrons. The van der Waals surface area contributed by atoms with Gasteiger partial charge in [0.2, 0.25) is 5.78 Å². The second-order valence-corrected chi connectivity index (χ2v) is 8.09. The SMILES string of the molecule is CC(=O)c1c(C)[nH]c(C(=O)O[C@H](C)C(=O)c2cc(C)n(-c3ccc(OC(F)F)cc3)c2C)c1C. The van der Waals surface area contributed by atoms with Gasteiger partial charge in [0.15, 0.2) is 11.9 Å². The number of hydrogen-bond acceptors (Lipinski definition) is 5. The molecular weight excluding hydrogens is 446 g/mol. The first-order valence-electron chi connectivity index (χ1n) is 10.6. The maximum Gasteiger partial charge on any atom is 0.387 e. The summed E-state index contributed by atoms with van der Waals surface area (Å²) in [6, 6.07) is 7.74. The Labute approximate surface area is 195 Å². The molecule has 34 heavy (non-hydrogen) atoms. The Balaban J connectivity index is 1.82. The van der Waals surface area contributed by atoms with Crippen LogP contribution in [0.5, 0.6) is 5.75 Å². The van der Waals surface area contributed by atoms with Crippen molar-refractivity contribution in [3.8, 4) is 11.4 Å². The normalized spacial score (nSPS) is 12.0. The number of aromatic amines is 1. The lowest BCUT2D eigenvalue weighted by Gasteiger charge is -2.14. The van der Waals surface area contributed by atoms with Crippen LogP contribution < -0.4 is 4.74 Å². The number of hydrogen-bond donors (Lipinski definition) is 1. The molecule has 0 amide bonds. The van der Waals surface area contributed by atoms with Gasteiger partial charge in [-0.05, 0) is 77.4 Å².